The van der Waals surface area contributed by atoms with E-state index >= 15 is 0 Å². The Labute approximate surface area is 125 Å². The lowest BCUT2D eigenvalue weighted by Gasteiger charge is -2.13. The summed E-state index contributed by atoms with van der Waals surface area (Å²) in [5.74, 6) is 0.277. The first kappa shape index (κ1) is 14.0. The van der Waals surface area contributed by atoms with Crippen molar-refractivity contribution in [3.63, 3.8) is 0 Å². The maximum absolute atomic E-state index is 8.87. The number of rotatable bonds is 2. The molecule has 0 spiro atoms. The molecule has 0 aliphatic heterocycles. The number of nitrogens with two attached hydrogens (primary N) is 1. The third-order valence-corrected chi connectivity index (χ3v) is 3.41. The highest BCUT2D eigenvalue weighted by atomic mass is 35.5. The van der Waals surface area contributed by atoms with E-state index in [-0.39, 0.29) is 12.2 Å². The highest BCUT2D eigenvalue weighted by Crippen LogP contribution is 2.40. The minimum Gasteiger partial charge on any atom is -0.383 e. The average Bonchev–Trinajstić information content (AvgIpc) is 2.31. The highest BCUT2D eigenvalue weighted by Gasteiger charge is 2.17. The normalized spacial score (nSPS) is 10.2. The van der Waals surface area contributed by atoms with Crippen molar-refractivity contribution in [3.8, 4) is 17.2 Å². The van der Waals surface area contributed by atoms with Crippen molar-refractivity contribution >= 4 is 40.6 Å². The van der Waals surface area contributed by atoms with Crippen LogP contribution in [0, 0.1) is 11.3 Å². The zero-order valence-corrected chi connectivity index (χ0v) is 11.9. The molecule has 3 nitrogen and oxygen atoms in total. The summed E-state index contributed by atoms with van der Waals surface area (Å²) in [7, 11) is 0. The Bertz CT molecular complexity index is 654. The van der Waals surface area contributed by atoms with Crippen LogP contribution < -0.4 is 5.73 Å². The van der Waals surface area contributed by atoms with Crippen LogP contribution in [0.2, 0.25) is 15.1 Å². The van der Waals surface area contributed by atoms with Gasteiger partial charge in [0.1, 0.15) is 5.82 Å². The van der Waals surface area contributed by atoms with Crippen LogP contribution in [-0.4, -0.2) is 4.98 Å². The van der Waals surface area contributed by atoms with E-state index in [1.807, 2.05) is 0 Å². The highest BCUT2D eigenvalue weighted by molar-refractivity contribution is 6.42. The Kier molecular flexibility index (Phi) is 4.16. The van der Waals surface area contributed by atoms with Crippen LogP contribution in [0.4, 0.5) is 5.82 Å². The number of benzene rings is 1. The fourth-order valence-corrected chi connectivity index (χ4v) is 2.83. The summed E-state index contributed by atoms with van der Waals surface area (Å²) in [6, 6.07) is 6.95. The van der Waals surface area contributed by atoms with Gasteiger partial charge in [0, 0.05) is 22.3 Å². The van der Waals surface area contributed by atoms with Gasteiger partial charge >= 0.3 is 0 Å². The first-order valence-corrected chi connectivity index (χ1v) is 6.43. The van der Waals surface area contributed by atoms with Crippen LogP contribution in [0.25, 0.3) is 11.1 Å². The quantitative estimate of drug-likeness (QED) is 0.896. The van der Waals surface area contributed by atoms with E-state index in [4.69, 9.17) is 45.8 Å². The van der Waals surface area contributed by atoms with Crippen LogP contribution in [0.1, 0.15) is 5.56 Å². The van der Waals surface area contributed by atoms with Crippen molar-refractivity contribution in [2.24, 2.45) is 0 Å². The fourth-order valence-electron chi connectivity index (χ4n) is 1.82. The summed E-state index contributed by atoms with van der Waals surface area (Å²) in [6.45, 7) is 0. The Morgan fingerprint density at radius 3 is 2.37 bits per heavy atom. The van der Waals surface area contributed by atoms with E-state index in [9.17, 15) is 0 Å². The summed E-state index contributed by atoms with van der Waals surface area (Å²) < 4.78 is 0. The summed E-state index contributed by atoms with van der Waals surface area (Å²) >= 11 is 18.2. The molecule has 1 aromatic carbocycles. The molecule has 0 saturated carbocycles. The molecule has 0 radical (unpaired) electrons. The smallest absolute Gasteiger partial charge is 0.131 e. The Hall–Kier alpha value is -1.47. The molecule has 0 amide bonds. The Morgan fingerprint density at radius 1 is 1.16 bits per heavy atom. The molecule has 0 fully saturated rings. The number of nitriles is 1. The third kappa shape index (κ3) is 2.76. The molecule has 0 unspecified atom stereocenters. The lowest BCUT2D eigenvalue weighted by Crippen LogP contribution is -1.99. The number of hydrogen-bond acceptors (Lipinski definition) is 3. The lowest BCUT2D eigenvalue weighted by atomic mass is 9.99. The second-order valence-electron chi connectivity index (χ2n) is 3.81. The molecule has 2 rings (SSSR count). The van der Waals surface area contributed by atoms with Crippen LogP contribution >= 0.6 is 34.8 Å². The van der Waals surface area contributed by atoms with E-state index in [1.165, 1.54) is 0 Å². The lowest BCUT2D eigenvalue weighted by molar-refractivity contribution is 1.22. The van der Waals surface area contributed by atoms with Gasteiger partial charge in [-0.3, -0.25) is 0 Å². The largest absolute Gasteiger partial charge is 0.383 e. The second kappa shape index (κ2) is 5.66. The van der Waals surface area contributed by atoms with E-state index in [0.717, 1.165) is 5.56 Å². The summed E-state index contributed by atoms with van der Waals surface area (Å²) in [5, 5.41) is 10.0. The molecule has 0 atom stereocenters. The predicted octanol–water partition coefficient (Wildman–Crippen LogP) is 4.36. The summed E-state index contributed by atoms with van der Waals surface area (Å²) in [5.41, 5.74) is 7.74. The molecule has 1 aromatic heterocycles. The van der Waals surface area contributed by atoms with Gasteiger partial charge in [-0.15, -0.1) is 0 Å². The number of anilines is 1. The molecule has 0 saturated heterocycles. The molecular weight excluding hydrogens is 305 g/mol. The van der Waals surface area contributed by atoms with Gasteiger partial charge in [0.25, 0.3) is 0 Å². The van der Waals surface area contributed by atoms with Crippen molar-refractivity contribution in [1.82, 2.24) is 4.98 Å². The van der Waals surface area contributed by atoms with Crippen molar-refractivity contribution < 1.29 is 0 Å². The number of halogens is 3. The molecule has 1 heterocycles. The molecule has 2 aromatic rings. The number of nitrogens with zero attached hydrogens (tertiary/aromatic N) is 2. The molecule has 6 heteroatoms. The molecule has 0 aliphatic rings. The molecule has 0 aliphatic carbocycles. The Morgan fingerprint density at radius 2 is 1.79 bits per heavy atom. The fraction of sp³-hybridized carbons (Fsp3) is 0.0769. The minimum atomic E-state index is 0.192. The zero-order chi connectivity index (χ0) is 14.0. The van der Waals surface area contributed by atoms with Gasteiger partial charge < -0.3 is 5.73 Å². The molecule has 96 valence electrons. The number of pyridine rings is 1. The van der Waals surface area contributed by atoms with E-state index < -0.39 is 0 Å². The summed E-state index contributed by atoms with van der Waals surface area (Å²) in [4.78, 5) is 4.02. The first-order valence-electron chi connectivity index (χ1n) is 5.29. The molecule has 19 heavy (non-hydrogen) atoms. The topological polar surface area (TPSA) is 62.7 Å². The maximum Gasteiger partial charge on any atom is 0.131 e. The van der Waals surface area contributed by atoms with Crippen molar-refractivity contribution in [3.05, 3.63) is 45.0 Å². The van der Waals surface area contributed by atoms with Crippen molar-refractivity contribution in [1.29, 1.82) is 5.26 Å². The van der Waals surface area contributed by atoms with Crippen LogP contribution in [0.3, 0.4) is 0 Å². The Balaban J connectivity index is 2.76. The van der Waals surface area contributed by atoms with Crippen LogP contribution in [-0.2, 0) is 6.42 Å². The molecule has 0 bridgehead atoms. The maximum atomic E-state index is 8.87. The number of aromatic nitrogens is 1. The van der Waals surface area contributed by atoms with Crippen LogP contribution in [0.15, 0.2) is 24.4 Å². The number of hydrogen-bond donors (Lipinski definition) is 1. The van der Waals surface area contributed by atoms with E-state index in [0.29, 0.717) is 26.2 Å². The first-order chi connectivity index (χ1) is 9.04. The van der Waals surface area contributed by atoms with E-state index in [2.05, 4.69) is 11.1 Å². The molecule has 2 N–H and O–H groups in total. The van der Waals surface area contributed by atoms with Gasteiger partial charge in [-0.1, -0.05) is 34.8 Å². The monoisotopic (exact) mass is 311 g/mol. The van der Waals surface area contributed by atoms with Gasteiger partial charge in [0.2, 0.25) is 0 Å². The van der Waals surface area contributed by atoms with Gasteiger partial charge in [-0.2, -0.15) is 5.26 Å². The van der Waals surface area contributed by atoms with Gasteiger partial charge in [-0.25, -0.2) is 4.98 Å². The summed E-state index contributed by atoms with van der Waals surface area (Å²) in [6.07, 6.45) is 1.74. The van der Waals surface area contributed by atoms with E-state index in [1.54, 1.807) is 24.4 Å². The number of nitrogen functional groups attached to an aromatic ring is 1. The minimum absolute atomic E-state index is 0.192. The van der Waals surface area contributed by atoms with Crippen molar-refractivity contribution in [2.45, 2.75) is 6.42 Å². The van der Waals surface area contributed by atoms with Gasteiger partial charge in [0.05, 0.1) is 22.5 Å². The predicted molar refractivity (Wildman–Crippen MR) is 78.4 cm³/mol. The van der Waals surface area contributed by atoms with Crippen molar-refractivity contribution in [2.75, 3.05) is 5.73 Å². The molecular formula is C13H8Cl3N3. The third-order valence-electron chi connectivity index (χ3n) is 2.59. The average molecular weight is 313 g/mol. The SMILES string of the molecule is N#CCc1ccnc(N)c1-c1c(Cl)cc(Cl)cc1Cl. The van der Waals surface area contributed by atoms with Crippen LogP contribution in [0.5, 0.6) is 0 Å². The standard InChI is InChI=1S/C13H8Cl3N3/c14-8-5-9(15)12(10(16)6-8)11-7(1-3-17)2-4-19-13(11)18/h2,4-6H,1H2,(H2,18,19). The van der Waals surface area contributed by atoms with Gasteiger partial charge in [-0.05, 0) is 23.8 Å². The zero-order valence-electron chi connectivity index (χ0n) is 9.62. The van der Waals surface area contributed by atoms with Gasteiger partial charge in [0.15, 0.2) is 0 Å². The second-order valence-corrected chi connectivity index (χ2v) is 5.06.